The average Bonchev–Trinajstić information content (AvgIpc) is 4.19. The maximum atomic E-state index is 15.6. The van der Waals surface area contributed by atoms with Crippen LogP contribution in [0.15, 0.2) is 199 Å². The lowest BCUT2D eigenvalue weighted by Crippen LogP contribution is -2.03. The van der Waals surface area contributed by atoms with Gasteiger partial charge in [-0.2, -0.15) is 19.6 Å². The van der Waals surface area contributed by atoms with Crippen LogP contribution in [0.5, 0.6) is 0 Å². The summed E-state index contributed by atoms with van der Waals surface area (Å²) >= 11 is 1.50. The van der Waals surface area contributed by atoms with E-state index >= 15 is 4.39 Å². The quantitative estimate of drug-likeness (QED) is 0.160. The zero-order valence-electron chi connectivity index (χ0n) is 37.3. The fourth-order valence-electron chi connectivity index (χ4n) is 11.0. The summed E-state index contributed by atoms with van der Waals surface area (Å²) in [6, 6.07) is 68.3. The minimum atomic E-state index is -0.488. The zero-order valence-corrected chi connectivity index (χ0v) is 38.1. The summed E-state index contributed by atoms with van der Waals surface area (Å²) in [5.41, 5.74) is 5.36. The molecule has 6 heterocycles. The van der Waals surface area contributed by atoms with E-state index < -0.39 is 5.95 Å². The van der Waals surface area contributed by atoms with Crippen molar-refractivity contribution in [3.8, 4) is 18.0 Å². The fraction of sp³-hybridized carbons (Fsp3) is 0. The van der Waals surface area contributed by atoms with Crippen molar-refractivity contribution in [2.45, 2.75) is 0 Å². The summed E-state index contributed by atoms with van der Waals surface area (Å²) in [7, 11) is 0. The van der Waals surface area contributed by atoms with Gasteiger partial charge in [0.2, 0.25) is 23.6 Å². The van der Waals surface area contributed by atoms with Crippen molar-refractivity contribution in [1.29, 1.82) is 5.26 Å². The van der Waals surface area contributed by atoms with E-state index in [1.807, 2.05) is 77.4 Å². The maximum Gasteiger partial charge on any atom is 0.239 e. The Morgan fingerprint density at radius 1 is 0.423 bits per heavy atom. The predicted octanol–water partition coefficient (Wildman–Crippen LogP) is 16.0. The van der Waals surface area contributed by atoms with Gasteiger partial charge in [0, 0.05) is 47.8 Å². The number of nitriles is 1. The molecule has 0 saturated carbocycles. The highest BCUT2D eigenvalue weighted by molar-refractivity contribution is 7.25. The third kappa shape index (κ3) is 5.69. The fourth-order valence-corrected chi connectivity index (χ4v) is 12.0. The Balaban J connectivity index is 0.000000127. The van der Waals surface area contributed by atoms with E-state index in [0.29, 0.717) is 44.5 Å². The number of halogens is 1. The van der Waals surface area contributed by atoms with Crippen LogP contribution >= 0.6 is 11.3 Å². The largest absolute Gasteiger partial charge is 0.437 e. The van der Waals surface area contributed by atoms with Crippen LogP contribution < -0.4 is 0 Å². The Labute approximate surface area is 405 Å². The second-order valence-electron chi connectivity index (χ2n) is 17.8. The maximum absolute atomic E-state index is 15.6. The van der Waals surface area contributed by atoms with Crippen molar-refractivity contribution in [2.75, 3.05) is 0 Å². The molecule has 0 saturated heterocycles. The number of nitrogens with zero attached hydrogens (tertiary/aromatic N) is 7. The molecule has 0 bridgehead atoms. The Bertz CT molecular complexity index is 5000. The number of thiophene rings is 1. The van der Waals surface area contributed by atoms with Crippen LogP contribution in [0.1, 0.15) is 5.69 Å². The third-order valence-electron chi connectivity index (χ3n) is 14.0. The predicted molar refractivity (Wildman–Crippen MR) is 288 cm³/mol. The van der Waals surface area contributed by atoms with E-state index in [9.17, 15) is 5.26 Å². The van der Waals surface area contributed by atoms with E-state index in [4.69, 9.17) is 19.4 Å². The number of benzene rings is 10. The van der Waals surface area contributed by atoms with Crippen molar-refractivity contribution in [3.63, 3.8) is 0 Å². The molecule has 0 aliphatic heterocycles. The highest BCUT2D eigenvalue weighted by atomic mass is 32.1. The molecule has 0 N–H and O–H groups in total. The molecule has 8 nitrogen and oxygen atoms in total. The van der Waals surface area contributed by atoms with Crippen LogP contribution in [0.4, 0.5) is 4.39 Å². The summed E-state index contributed by atoms with van der Waals surface area (Å²) in [5, 5.41) is 26.5. The SMILES string of the molecule is Fc1nc(-n2c3ccc4ccccc4c3c3ccc4ccccc4c32)nc2sc3ccccc3c12.N#Cc1nc(-n2c3ccc4ccccc4c3c3ccc4ccccc4c32)nc2oc3ccccc3c12. The summed E-state index contributed by atoms with van der Waals surface area (Å²) in [5.74, 6) is 0.288. The molecule has 10 aromatic carbocycles. The topological polar surface area (TPSA) is 98.3 Å². The van der Waals surface area contributed by atoms with Gasteiger partial charge in [-0.3, -0.25) is 9.13 Å². The molecule has 330 valence electrons. The van der Waals surface area contributed by atoms with Crippen LogP contribution in [0, 0.1) is 17.3 Å². The van der Waals surface area contributed by atoms with Crippen LogP contribution in [0.2, 0.25) is 0 Å². The van der Waals surface area contributed by atoms with E-state index in [0.717, 1.165) is 86.0 Å². The molecular weight excluding hydrogens is 898 g/mol. The van der Waals surface area contributed by atoms with Gasteiger partial charge in [-0.25, -0.2) is 9.97 Å². The van der Waals surface area contributed by atoms with Crippen LogP contribution in [0.3, 0.4) is 0 Å². The molecule has 0 spiro atoms. The van der Waals surface area contributed by atoms with Crippen molar-refractivity contribution in [2.24, 2.45) is 0 Å². The molecule has 0 aliphatic carbocycles. The third-order valence-corrected chi connectivity index (χ3v) is 15.1. The minimum Gasteiger partial charge on any atom is -0.437 e. The summed E-state index contributed by atoms with van der Waals surface area (Å²) in [6.07, 6.45) is 0. The molecule has 0 amide bonds. The molecule has 0 atom stereocenters. The number of aromatic nitrogens is 6. The first-order chi connectivity index (χ1) is 35.1. The Morgan fingerprint density at radius 2 is 0.901 bits per heavy atom. The van der Waals surface area contributed by atoms with E-state index in [-0.39, 0.29) is 0 Å². The molecule has 16 rings (SSSR count). The lowest BCUT2D eigenvalue weighted by molar-refractivity contribution is 0.592. The molecule has 0 aliphatic rings. The molecule has 71 heavy (non-hydrogen) atoms. The molecule has 10 heteroatoms. The van der Waals surface area contributed by atoms with Gasteiger partial charge >= 0.3 is 0 Å². The number of para-hydroxylation sites is 1. The first-order valence-electron chi connectivity index (χ1n) is 23.2. The van der Waals surface area contributed by atoms with Gasteiger partial charge in [0.25, 0.3) is 0 Å². The van der Waals surface area contributed by atoms with E-state index in [1.165, 1.54) is 27.5 Å². The van der Waals surface area contributed by atoms with Gasteiger partial charge in [-0.1, -0.05) is 170 Å². The van der Waals surface area contributed by atoms with Gasteiger partial charge < -0.3 is 4.42 Å². The van der Waals surface area contributed by atoms with Crippen LogP contribution in [-0.2, 0) is 0 Å². The summed E-state index contributed by atoms with van der Waals surface area (Å²) in [4.78, 5) is 19.7. The average molecular weight is 930 g/mol. The minimum absolute atomic E-state index is 0.302. The second kappa shape index (κ2) is 15.0. The van der Waals surface area contributed by atoms with Gasteiger partial charge in [0.1, 0.15) is 16.5 Å². The van der Waals surface area contributed by atoms with Crippen molar-refractivity contribution in [1.82, 2.24) is 29.1 Å². The highest BCUT2D eigenvalue weighted by Gasteiger charge is 2.24. The molecule has 0 fully saturated rings. The monoisotopic (exact) mass is 929 g/mol. The Hall–Kier alpha value is -9.56. The lowest BCUT2D eigenvalue weighted by Gasteiger charge is -2.08. The summed E-state index contributed by atoms with van der Waals surface area (Å²) in [6.45, 7) is 0. The number of rotatable bonds is 2. The lowest BCUT2D eigenvalue weighted by atomic mass is 10.0. The standard InChI is InChI=1S/C31H16N4O.C30H16FN3S/c32-17-24-28-22-11-5-6-12-26(22)36-30(28)34-31(33-24)35-25-16-14-18-7-1-3-9-20(18)27(25)23-15-13-19-8-2-4-10-21(19)29(23)35;31-28-26-21-11-5-6-12-24(21)35-29(26)33-30(32-28)34-23-16-14-17-7-1-3-9-19(17)25(23)22-15-13-18-8-2-4-10-20(18)27(22)34/h1-16H;1-16H. The van der Waals surface area contributed by atoms with Gasteiger partial charge in [0.15, 0.2) is 5.69 Å². The first kappa shape index (κ1) is 39.4. The number of hydrogen-bond acceptors (Lipinski definition) is 7. The number of furan rings is 1. The normalized spacial score (nSPS) is 12.0. The Morgan fingerprint density at radius 3 is 1.49 bits per heavy atom. The van der Waals surface area contributed by atoms with Gasteiger partial charge in [0.05, 0.1) is 32.8 Å². The molecule has 6 aromatic heterocycles. The Kier molecular flexibility index (Phi) is 8.31. The number of fused-ring (bicyclic) bond motifs is 20. The molecule has 0 radical (unpaired) electrons. The van der Waals surface area contributed by atoms with Gasteiger partial charge in [-0.15, -0.1) is 11.3 Å². The first-order valence-corrected chi connectivity index (χ1v) is 24.0. The molecule has 0 unspecified atom stereocenters. The second-order valence-corrected chi connectivity index (χ2v) is 18.8. The summed E-state index contributed by atoms with van der Waals surface area (Å²) < 4.78 is 26.8. The van der Waals surface area contributed by atoms with Crippen LogP contribution in [-0.4, -0.2) is 29.1 Å². The van der Waals surface area contributed by atoms with Crippen molar-refractivity contribution < 1.29 is 8.81 Å². The van der Waals surface area contributed by atoms with E-state index in [2.05, 4.69) is 137 Å². The van der Waals surface area contributed by atoms with E-state index in [1.54, 1.807) is 0 Å². The molecular formula is C61H32FN7OS. The zero-order chi connectivity index (χ0) is 46.9. The van der Waals surface area contributed by atoms with Crippen molar-refractivity contribution >= 4 is 140 Å². The van der Waals surface area contributed by atoms with Gasteiger partial charge in [-0.05, 0) is 56.6 Å². The molecule has 16 aromatic rings. The van der Waals surface area contributed by atoms with Crippen LogP contribution in [0.25, 0.3) is 141 Å². The highest BCUT2D eigenvalue weighted by Crippen LogP contribution is 2.43. The number of hydrogen-bond donors (Lipinski definition) is 0. The smallest absolute Gasteiger partial charge is 0.239 e. The van der Waals surface area contributed by atoms with Crippen molar-refractivity contribution in [3.05, 3.63) is 206 Å².